The van der Waals surface area contributed by atoms with Crippen LogP contribution in [0.5, 0.6) is 0 Å². The maximum absolute atomic E-state index is 12.7. The molecule has 0 aliphatic carbocycles. The molecule has 3 unspecified atom stereocenters. The summed E-state index contributed by atoms with van der Waals surface area (Å²) in [4.78, 5) is 22.9. The van der Waals surface area contributed by atoms with Crippen LogP contribution in [0.4, 0.5) is 0 Å². The van der Waals surface area contributed by atoms with Gasteiger partial charge in [-0.3, -0.25) is 13.8 Å². The predicted molar refractivity (Wildman–Crippen MR) is 254 cm³/mol. The van der Waals surface area contributed by atoms with Gasteiger partial charge in [-0.15, -0.1) is 0 Å². The standard InChI is InChI=1S/C50H97N2O6P/c1-6-8-10-12-13-14-15-16-17-18-19-20-21-22-23-24-25-26-27-28-29-30-31-32-33-34-35-36-37-38-39-40-42-44-50(54)51-48(49(53)43-41-11-9-7-2)47-58-59(55,56)57-46-45-52(3,4)5/h15-16,18-19,41,43,48-49,53H,6-14,17,20-40,42,44-47H2,1-5H3,(H-,51,54,55,56)/p+1/b16-15-,19-18-,43-41+. The number of allylic oxidation sites excluding steroid dienone is 5. The highest BCUT2D eigenvalue weighted by molar-refractivity contribution is 7.47. The van der Waals surface area contributed by atoms with Gasteiger partial charge in [-0.05, 0) is 44.9 Å². The van der Waals surface area contributed by atoms with Crippen LogP contribution in [0.15, 0.2) is 36.5 Å². The van der Waals surface area contributed by atoms with Crippen LogP contribution < -0.4 is 5.32 Å². The second kappa shape index (κ2) is 42.0. The lowest BCUT2D eigenvalue weighted by molar-refractivity contribution is -0.870. The number of carbonyl (C=O) groups is 1. The van der Waals surface area contributed by atoms with Gasteiger partial charge in [-0.2, -0.15) is 0 Å². The van der Waals surface area contributed by atoms with Crippen LogP contribution in [0.25, 0.3) is 0 Å². The summed E-state index contributed by atoms with van der Waals surface area (Å²) < 4.78 is 23.3. The van der Waals surface area contributed by atoms with E-state index >= 15 is 0 Å². The van der Waals surface area contributed by atoms with Gasteiger partial charge in [-0.1, -0.05) is 211 Å². The number of carbonyl (C=O) groups excluding carboxylic acids is 1. The normalized spacial score (nSPS) is 14.5. The number of amides is 1. The molecule has 0 heterocycles. The quantitative estimate of drug-likeness (QED) is 0.0244. The summed E-state index contributed by atoms with van der Waals surface area (Å²) >= 11 is 0. The number of aliphatic hydroxyl groups excluding tert-OH is 1. The summed E-state index contributed by atoms with van der Waals surface area (Å²) in [6.07, 6.45) is 53.2. The van der Waals surface area contributed by atoms with E-state index in [1.54, 1.807) is 6.08 Å². The Bertz CT molecular complexity index is 1060. The van der Waals surface area contributed by atoms with Crippen molar-refractivity contribution in [2.24, 2.45) is 0 Å². The van der Waals surface area contributed by atoms with Gasteiger partial charge >= 0.3 is 7.82 Å². The Morgan fingerprint density at radius 1 is 0.576 bits per heavy atom. The molecule has 0 spiro atoms. The molecule has 0 aromatic carbocycles. The molecule has 3 N–H and O–H groups in total. The monoisotopic (exact) mass is 854 g/mol. The number of rotatable bonds is 45. The van der Waals surface area contributed by atoms with Gasteiger partial charge in [0.05, 0.1) is 39.9 Å². The summed E-state index contributed by atoms with van der Waals surface area (Å²) in [5.74, 6) is -0.184. The molecule has 59 heavy (non-hydrogen) atoms. The molecule has 0 aliphatic rings. The molecule has 348 valence electrons. The van der Waals surface area contributed by atoms with Gasteiger partial charge in [0.2, 0.25) is 5.91 Å². The van der Waals surface area contributed by atoms with Crippen molar-refractivity contribution in [2.75, 3.05) is 40.9 Å². The Labute approximate surface area is 366 Å². The van der Waals surface area contributed by atoms with E-state index in [4.69, 9.17) is 9.05 Å². The van der Waals surface area contributed by atoms with E-state index in [0.29, 0.717) is 17.4 Å². The SMILES string of the molecule is CCCC/C=C/C(O)C(COP(=O)(O)OCC[N+](C)(C)C)NC(=O)CCCCCCCCCCCCCCCCCCCCCCC/C=C\C/C=C\CCCCCCC. The first-order valence-corrected chi connectivity index (χ1v) is 26.4. The zero-order valence-electron chi connectivity index (χ0n) is 39.5. The van der Waals surface area contributed by atoms with E-state index in [1.807, 2.05) is 27.2 Å². The summed E-state index contributed by atoms with van der Waals surface area (Å²) in [6.45, 7) is 4.66. The Hall–Kier alpha value is -1.28. The average molecular weight is 854 g/mol. The number of aliphatic hydroxyl groups is 1. The van der Waals surface area contributed by atoms with Crippen molar-refractivity contribution in [3.63, 3.8) is 0 Å². The van der Waals surface area contributed by atoms with Crippen molar-refractivity contribution in [1.82, 2.24) is 5.32 Å². The number of nitrogens with zero attached hydrogens (tertiary/aromatic N) is 1. The Morgan fingerprint density at radius 2 is 0.983 bits per heavy atom. The van der Waals surface area contributed by atoms with Crippen LogP contribution in [0.3, 0.4) is 0 Å². The van der Waals surface area contributed by atoms with Crippen LogP contribution in [-0.4, -0.2) is 73.4 Å². The zero-order chi connectivity index (χ0) is 43.6. The van der Waals surface area contributed by atoms with E-state index in [0.717, 1.165) is 44.9 Å². The largest absolute Gasteiger partial charge is 0.472 e. The lowest BCUT2D eigenvalue weighted by Crippen LogP contribution is -2.45. The van der Waals surface area contributed by atoms with Crippen LogP contribution in [-0.2, 0) is 18.4 Å². The van der Waals surface area contributed by atoms with E-state index in [2.05, 4.69) is 43.5 Å². The number of nitrogens with one attached hydrogen (secondary N) is 1. The van der Waals surface area contributed by atoms with Crippen LogP contribution >= 0.6 is 7.82 Å². The molecule has 0 aromatic heterocycles. The van der Waals surface area contributed by atoms with Gasteiger partial charge in [0.25, 0.3) is 0 Å². The van der Waals surface area contributed by atoms with Crippen LogP contribution in [0.2, 0.25) is 0 Å². The highest BCUT2D eigenvalue weighted by atomic mass is 31.2. The molecule has 0 saturated carbocycles. The smallest absolute Gasteiger partial charge is 0.387 e. The van der Waals surface area contributed by atoms with Crippen molar-refractivity contribution in [3.8, 4) is 0 Å². The molecule has 1 amide bonds. The van der Waals surface area contributed by atoms with Crippen molar-refractivity contribution in [3.05, 3.63) is 36.5 Å². The zero-order valence-corrected chi connectivity index (χ0v) is 40.4. The fourth-order valence-corrected chi connectivity index (χ4v) is 7.85. The average Bonchev–Trinajstić information content (AvgIpc) is 3.19. The van der Waals surface area contributed by atoms with Crippen LogP contribution in [0, 0.1) is 0 Å². The maximum Gasteiger partial charge on any atom is 0.472 e. The third kappa shape index (κ3) is 44.6. The molecule has 9 heteroatoms. The van der Waals surface area contributed by atoms with Gasteiger partial charge in [0.1, 0.15) is 13.2 Å². The first-order chi connectivity index (χ1) is 28.5. The summed E-state index contributed by atoms with van der Waals surface area (Å²) in [6, 6.07) is -0.839. The van der Waals surface area contributed by atoms with Crippen LogP contribution in [0.1, 0.15) is 226 Å². The third-order valence-electron chi connectivity index (χ3n) is 11.1. The topological polar surface area (TPSA) is 105 Å². The summed E-state index contributed by atoms with van der Waals surface area (Å²) in [7, 11) is 1.57. The summed E-state index contributed by atoms with van der Waals surface area (Å²) in [5.41, 5.74) is 0. The minimum Gasteiger partial charge on any atom is -0.387 e. The highest BCUT2D eigenvalue weighted by Gasteiger charge is 2.27. The molecule has 0 aliphatic heterocycles. The highest BCUT2D eigenvalue weighted by Crippen LogP contribution is 2.43. The Kier molecular flexibility index (Phi) is 41.1. The number of hydrogen-bond donors (Lipinski definition) is 3. The maximum atomic E-state index is 12.7. The molecule has 0 bridgehead atoms. The number of likely N-dealkylation sites (N-methyl/N-ethyl adjacent to an activating group) is 1. The third-order valence-corrected chi connectivity index (χ3v) is 12.1. The summed E-state index contributed by atoms with van der Waals surface area (Å²) in [5, 5.41) is 13.6. The molecule has 0 saturated heterocycles. The lowest BCUT2D eigenvalue weighted by Gasteiger charge is -2.25. The number of hydrogen-bond acceptors (Lipinski definition) is 5. The second-order valence-electron chi connectivity index (χ2n) is 18.2. The van der Waals surface area contributed by atoms with Crippen molar-refractivity contribution >= 4 is 13.7 Å². The molecule has 0 fully saturated rings. The van der Waals surface area contributed by atoms with Crippen molar-refractivity contribution in [2.45, 2.75) is 238 Å². The minimum atomic E-state index is -4.32. The lowest BCUT2D eigenvalue weighted by atomic mass is 10.0. The van der Waals surface area contributed by atoms with Crippen molar-refractivity contribution < 1.29 is 32.9 Å². The molecular formula is C50H98N2O6P+. The van der Waals surface area contributed by atoms with E-state index in [1.165, 1.54) is 161 Å². The van der Waals surface area contributed by atoms with Gasteiger partial charge in [0.15, 0.2) is 0 Å². The number of unbranched alkanes of at least 4 members (excludes halogenated alkanes) is 28. The molecule has 0 aromatic rings. The van der Waals surface area contributed by atoms with Gasteiger partial charge < -0.3 is 19.8 Å². The number of phosphoric ester groups is 1. The molecule has 0 rings (SSSR count). The molecule has 0 radical (unpaired) electrons. The Balaban J connectivity index is 3.74. The van der Waals surface area contributed by atoms with E-state index in [-0.39, 0.29) is 19.1 Å². The molecule has 8 nitrogen and oxygen atoms in total. The van der Waals surface area contributed by atoms with Gasteiger partial charge in [-0.25, -0.2) is 4.57 Å². The molecular weight excluding hydrogens is 756 g/mol. The fourth-order valence-electron chi connectivity index (χ4n) is 7.12. The molecule has 3 atom stereocenters. The van der Waals surface area contributed by atoms with Crippen molar-refractivity contribution in [1.29, 1.82) is 0 Å². The predicted octanol–water partition coefficient (Wildman–Crippen LogP) is 14.3. The second-order valence-corrected chi connectivity index (χ2v) is 19.6. The van der Waals surface area contributed by atoms with Gasteiger partial charge in [0, 0.05) is 6.42 Å². The number of quaternary nitrogens is 1. The number of phosphoric acid groups is 1. The first-order valence-electron chi connectivity index (χ1n) is 24.9. The minimum absolute atomic E-state index is 0.0613. The van der Waals surface area contributed by atoms with E-state index in [9.17, 15) is 19.4 Å². The first kappa shape index (κ1) is 57.7. The Morgan fingerprint density at radius 3 is 1.42 bits per heavy atom. The fraction of sp³-hybridized carbons (Fsp3) is 0.860. The van der Waals surface area contributed by atoms with E-state index < -0.39 is 20.0 Å².